The van der Waals surface area contributed by atoms with E-state index < -0.39 is 5.97 Å². The molecule has 0 unspecified atom stereocenters. The van der Waals surface area contributed by atoms with E-state index in [1.165, 1.54) is 0 Å². The van der Waals surface area contributed by atoms with Crippen LogP contribution in [0.4, 0.5) is 5.69 Å². The van der Waals surface area contributed by atoms with Gasteiger partial charge in [-0.15, -0.1) is 0 Å². The number of carbonyl (C=O) groups excluding carboxylic acids is 1. The van der Waals surface area contributed by atoms with Gasteiger partial charge < -0.3 is 10.0 Å². The van der Waals surface area contributed by atoms with Crippen molar-refractivity contribution in [3.05, 3.63) is 30.3 Å². The topological polar surface area (TPSA) is 57.6 Å². The average molecular weight is 289 g/mol. The SMILES string of the molecule is CCN(C(=O)CC1(CC(=O)O)CCCC1)c1ccccc1. The fourth-order valence-electron chi connectivity index (χ4n) is 3.39. The first-order valence-electron chi connectivity index (χ1n) is 7.63. The summed E-state index contributed by atoms with van der Waals surface area (Å²) < 4.78 is 0. The highest BCUT2D eigenvalue weighted by molar-refractivity contribution is 5.94. The van der Waals surface area contributed by atoms with E-state index >= 15 is 0 Å². The second kappa shape index (κ2) is 6.74. The lowest BCUT2D eigenvalue weighted by molar-refractivity contribution is -0.140. The second-order valence-electron chi connectivity index (χ2n) is 5.93. The van der Waals surface area contributed by atoms with Crippen LogP contribution in [0.3, 0.4) is 0 Å². The first-order chi connectivity index (χ1) is 10.1. The normalized spacial score (nSPS) is 16.6. The molecule has 1 aromatic rings. The van der Waals surface area contributed by atoms with Crippen LogP contribution in [0.5, 0.6) is 0 Å². The molecule has 1 fully saturated rings. The van der Waals surface area contributed by atoms with Gasteiger partial charge in [-0.1, -0.05) is 31.0 Å². The van der Waals surface area contributed by atoms with Gasteiger partial charge in [0, 0.05) is 18.7 Å². The number of rotatable bonds is 6. The molecule has 0 atom stereocenters. The number of para-hydroxylation sites is 1. The molecule has 0 bridgehead atoms. The zero-order valence-corrected chi connectivity index (χ0v) is 12.5. The maximum atomic E-state index is 12.7. The molecule has 0 radical (unpaired) electrons. The van der Waals surface area contributed by atoms with Gasteiger partial charge in [0.2, 0.25) is 5.91 Å². The number of carbonyl (C=O) groups is 2. The van der Waals surface area contributed by atoms with Gasteiger partial charge in [0.05, 0.1) is 6.42 Å². The molecule has 0 heterocycles. The van der Waals surface area contributed by atoms with Crippen LogP contribution in [0, 0.1) is 5.41 Å². The minimum atomic E-state index is -0.799. The molecule has 4 nitrogen and oxygen atoms in total. The lowest BCUT2D eigenvalue weighted by Crippen LogP contribution is -2.36. The summed E-state index contributed by atoms with van der Waals surface area (Å²) in [5.74, 6) is -0.765. The summed E-state index contributed by atoms with van der Waals surface area (Å²) in [6.07, 6.45) is 4.18. The van der Waals surface area contributed by atoms with Crippen LogP contribution in [0.15, 0.2) is 30.3 Å². The van der Waals surface area contributed by atoms with Crippen molar-refractivity contribution < 1.29 is 14.7 Å². The van der Waals surface area contributed by atoms with Gasteiger partial charge in [-0.05, 0) is 37.3 Å². The molecule has 114 valence electrons. The third kappa shape index (κ3) is 3.84. The highest BCUT2D eigenvalue weighted by Gasteiger charge is 2.39. The van der Waals surface area contributed by atoms with Crippen molar-refractivity contribution in [1.82, 2.24) is 0 Å². The molecule has 0 aromatic heterocycles. The minimum Gasteiger partial charge on any atom is -0.481 e. The number of hydrogen-bond acceptors (Lipinski definition) is 2. The van der Waals surface area contributed by atoms with E-state index in [2.05, 4.69) is 0 Å². The van der Waals surface area contributed by atoms with Crippen LogP contribution in [0.25, 0.3) is 0 Å². The van der Waals surface area contributed by atoms with Gasteiger partial charge in [0.25, 0.3) is 0 Å². The van der Waals surface area contributed by atoms with E-state index in [9.17, 15) is 9.59 Å². The summed E-state index contributed by atoms with van der Waals surface area (Å²) in [5.41, 5.74) is 0.541. The Labute approximate surface area is 125 Å². The van der Waals surface area contributed by atoms with Crippen LogP contribution in [0.2, 0.25) is 0 Å². The third-order valence-electron chi connectivity index (χ3n) is 4.40. The van der Waals surface area contributed by atoms with Crippen LogP contribution in [-0.2, 0) is 9.59 Å². The molecular formula is C17H23NO3. The van der Waals surface area contributed by atoms with Gasteiger partial charge in [-0.2, -0.15) is 0 Å². The lowest BCUT2D eigenvalue weighted by atomic mass is 9.79. The number of hydrogen-bond donors (Lipinski definition) is 1. The number of aliphatic carboxylic acids is 1. The van der Waals surface area contributed by atoms with Crippen LogP contribution in [0.1, 0.15) is 45.4 Å². The number of amides is 1. The zero-order chi connectivity index (χ0) is 15.3. The van der Waals surface area contributed by atoms with E-state index in [-0.39, 0.29) is 17.7 Å². The summed E-state index contributed by atoms with van der Waals surface area (Å²) >= 11 is 0. The van der Waals surface area contributed by atoms with Gasteiger partial charge in [0.15, 0.2) is 0 Å². The molecule has 0 saturated heterocycles. The van der Waals surface area contributed by atoms with Crippen molar-refractivity contribution in [3.8, 4) is 0 Å². The first kappa shape index (κ1) is 15.5. The Morgan fingerprint density at radius 3 is 2.29 bits per heavy atom. The van der Waals surface area contributed by atoms with Gasteiger partial charge in [0.1, 0.15) is 0 Å². The molecule has 1 aliphatic carbocycles. The summed E-state index contributed by atoms with van der Waals surface area (Å²) in [5, 5.41) is 9.14. The Morgan fingerprint density at radius 2 is 1.76 bits per heavy atom. The van der Waals surface area contributed by atoms with Crippen LogP contribution in [-0.4, -0.2) is 23.5 Å². The van der Waals surface area contributed by atoms with E-state index in [0.29, 0.717) is 13.0 Å². The Bertz CT molecular complexity index is 492. The maximum absolute atomic E-state index is 12.7. The highest BCUT2D eigenvalue weighted by atomic mass is 16.4. The Balaban J connectivity index is 2.12. The molecule has 2 rings (SSSR count). The number of carboxylic acid groups (broad SMARTS) is 1. The molecular weight excluding hydrogens is 266 g/mol. The van der Waals surface area contributed by atoms with E-state index in [4.69, 9.17) is 5.11 Å². The number of nitrogens with zero attached hydrogens (tertiary/aromatic N) is 1. The summed E-state index contributed by atoms with van der Waals surface area (Å²) in [6.45, 7) is 2.55. The summed E-state index contributed by atoms with van der Waals surface area (Å²) in [6, 6.07) is 9.58. The lowest BCUT2D eigenvalue weighted by Gasteiger charge is -2.30. The Kier molecular flexibility index (Phi) is 4.99. The van der Waals surface area contributed by atoms with Gasteiger partial charge >= 0.3 is 5.97 Å². The quantitative estimate of drug-likeness (QED) is 0.872. The molecule has 1 amide bonds. The molecule has 1 aliphatic rings. The van der Waals surface area contributed by atoms with Crippen molar-refractivity contribution in [1.29, 1.82) is 0 Å². The zero-order valence-electron chi connectivity index (χ0n) is 12.5. The molecule has 4 heteroatoms. The van der Waals surface area contributed by atoms with E-state index in [1.807, 2.05) is 37.3 Å². The van der Waals surface area contributed by atoms with Crippen molar-refractivity contribution in [2.45, 2.75) is 45.4 Å². The third-order valence-corrected chi connectivity index (χ3v) is 4.40. The Hall–Kier alpha value is -1.84. The molecule has 1 N–H and O–H groups in total. The predicted molar refractivity (Wildman–Crippen MR) is 82.2 cm³/mol. The molecule has 0 spiro atoms. The maximum Gasteiger partial charge on any atom is 0.303 e. The van der Waals surface area contributed by atoms with E-state index in [0.717, 1.165) is 31.4 Å². The van der Waals surface area contributed by atoms with E-state index in [1.54, 1.807) is 4.90 Å². The fraction of sp³-hybridized carbons (Fsp3) is 0.529. The van der Waals surface area contributed by atoms with Crippen molar-refractivity contribution in [2.24, 2.45) is 5.41 Å². The van der Waals surface area contributed by atoms with Crippen molar-refractivity contribution >= 4 is 17.6 Å². The molecule has 21 heavy (non-hydrogen) atoms. The average Bonchev–Trinajstić information content (AvgIpc) is 2.88. The molecule has 1 aromatic carbocycles. The Morgan fingerprint density at radius 1 is 1.14 bits per heavy atom. The fourth-order valence-corrected chi connectivity index (χ4v) is 3.39. The molecule has 1 saturated carbocycles. The van der Waals surface area contributed by atoms with Crippen molar-refractivity contribution in [2.75, 3.05) is 11.4 Å². The van der Waals surface area contributed by atoms with Crippen LogP contribution < -0.4 is 4.90 Å². The standard InChI is InChI=1S/C17H23NO3/c1-2-18(14-8-4-3-5-9-14)15(19)12-17(13-16(20)21)10-6-7-11-17/h3-5,8-9H,2,6-7,10-13H2,1H3,(H,20,21). The second-order valence-corrected chi connectivity index (χ2v) is 5.93. The summed E-state index contributed by atoms with van der Waals surface area (Å²) in [7, 11) is 0. The first-order valence-corrected chi connectivity index (χ1v) is 7.63. The van der Waals surface area contributed by atoms with Gasteiger partial charge in [-0.25, -0.2) is 0 Å². The molecule has 0 aliphatic heterocycles. The number of carboxylic acids is 1. The number of benzene rings is 1. The largest absolute Gasteiger partial charge is 0.481 e. The predicted octanol–water partition coefficient (Wildman–Crippen LogP) is 3.46. The smallest absolute Gasteiger partial charge is 0.303 e. The minimum absolute atomic E-state index is 0.0341. The van der Waals surface area contributed by atoms with Gasteiger partial charge in [-0.3, -0.25) is 9.59 Å². The highest BCUT2D eigenvalue weighted by Crippen LogP contribution is 2.44. The number of anilines is 1. The summed E-state index contributed by atoms with van der Waals surface area (Å²) in [4.78, 5) is 25.5. The van der Waals surface area contributed by atoms with Crippen molar-refractivity contribution in [3.63, 3.8) is 0 Å². The van der Waals surface area contributed by atoms with Crippen LogP contribution >= 0.6 is 0 Å². The monoisotopic (exact) mass is 289 g/mol.